The first-order chi connectivity index (χ1) is 39.6. The number of ether oxygens (including phenoxy) is 2. The molecule has 0 aliphatic rings. The molecule has 80 heavy (non-hydrogen) atoms. The molecule has 0 amide bonds. The summed E-state index contributed by atoms with van der Waals surface area (Å²) in [7, 11) is 0. The van der Waals surface area contributed by atoms with Crippen LogP contribution in [-0.4, -0.2) is 36.4 Å². The van der Waals surface area contributed by atoms with Gasteiger partial charge in [-0.1, -0.05) is 300 Å². The van der Waals surface area contributed by atoms with Gasteiger partial charge in [0.2, 0.25) is 0 Å². The lowest BCUT2D eigenvalue weighted by Gasteiger charge is -2.15. The van der Waals surface area contributed by atoms with Crippen LogP contribution in [0.15, 0.2) is 170 Å². The number of aliphatic hydroxyl groups excluding tert-OH is 1. The van der Waals surface area contributed by atoms with Gasteiger partial charge in [-0.25, -0.2) is 0 Å². The second kappa shape index (κ2) is 68.5. The summed E-state index contributed by atoms with van der Waals surface area (Å²) in [6.07, 6.45) is 106. The van der Waals surface area contributed by atoms with E-state index in [9.17, 15) is 14.7 Å². The van der Waals surface area contributed by atoms with Crippen LogP contribution < -0.4 is 0 Å². The van der Waals surface area contributed by atoms with Crippen molar-refractivity contribution in [2.24, 2.45) is 0 Å². The maximum absolute atomic E-state index is 12.4. The van der Waals surface area contributed by atoms with Crippen LogP contribution >= 0.6 is 0 Å². The van der Waals surface area contributed by atoms with Crippen LogP contribution in [0.2, 0.25) is 0 Å². The van der Waals surface area contributed by atoms with Gasteiger partial charge in [-0.15, -0.1) is 0 Å². The van der Waals surface area contributed by atoms with E-state index >= 15 is 0 Å². The lowest BCUT2D eigenvalue weighted by molar-refractivity contribution is -0.161. The Balaban J connectivity index is 3.55. The third-order valence-electron chi connectivity index (χ3n) is 13.5. The number of hydrogen-bond donors (Lipinski definition) is 1. The highest BCUT2D eigenvalue weighted by molar-refractivity contribution is 5.70. The van der Waals surface area contributed by atoms with Crippen LogP contribution in [0.25, 0.3) is 0 Å². The van der Waals surface area contributed by atoms with Gasteiger partial charge in [-0.2, -0.15) is 0 Å². The largest absolute Gasteiger partial charge is 0.462 e. The molecule has 5 heteroatoms. The van der Waals surface area contributed by atoms with Crippen molar-refractivity contribution >= 4 is 11.9 Å². The Bertz CT molecular complexity index is 1770. The zero-order valence-electron chi connectivity index (χ0n) is 51.5. The normalized spacial score (nSPS) is 13.4. The summed E-state index contributed by atoms with van der Waals surface area (Å²) in [5, 5.41) is 9.69. The van der Waals surface area contributed by atoms with Gasteiger partial charge in [-0.05, 0) is 128 Å². The average molecular weight is 1100 g/mol. The van der Waals surface area contributed by atoms with Crippen LogP contribution in [-0.2, 0) is 19.1 Å². The molecule has 0 heterocycles. The number of carbonyl (C=O) groups is 2. The van der Waals surface area contributed by atoms with Crippen LogP contribution in [0.3, 0.4) is 0 Å². The molecular formula is C75H120O5. The first-order valence-corrected chi connectivity index (χ1v) is 32.7. The molecule has 1 atom stereocenters. The molecular weight excluding hydrogens is 981 g/mol. The van der Waals surface area contributed by atoms with Crippen LogP contribution in [0.5, 0.6) is 0 Å². The minimum atomic E-state index is -0.793. The number of aliphatic hydroxyl groups is 1. The van der Waals surface area contributed by atoms with E-state index in [1.807, 2.05) is 0 Å². The second-order valence-corrected chi connectivity index (χ2v) is 21.1. The van der Waals surface area contributed by atoms with Gasteiger partial charge < -0.3 is 14.6 Å². The number of hydrogen-bond acceptors (Lipinski definition) is 5. The second-order valence-electron chi connectivity index (χ2n) is 21.1. The maximum Gasteiger partial charge on any atom is 0.306 e. The topological polar surface area (TPSA) is 72.8 Å². The Morgan fingerprint density at radius 3 is 0.750 bits per heavy atom. The Labute approximate surface area is 493 Å². The van der Waals surface area contributed by atoms with E-state index < -0.39 is 6.10 Å². The van der Waals surface area contributed by atoms with Crippen molar-refractivity contribution in [2.45, 2.75) is 277 Å². The zero-order chi connectivity index (χ0) is 57.6. The molecule has 1 unspecified atom stereocenters. The summed E-state index contributed by atoms with van der Waals surface area (Å²) in [6.45, 7) is 3.90. The Hall–Kier alpha value is -4.74. The van der Waals surface area contributed by atoms with Crippen molar-refractivity contribution in [1.29, 1.82) is 0 Å². The highest BCUT2D eigenvalue weighted by Gasteiger charge is 2.16. The van der Waals surface area contributed by atoms with Crippen molar-refractivity contribution in [3.05, 3.63) is 170 Å². The third kappa shape index (κ3) is 65.8. The highest BCUT2D eigenvalue weighted by Crippen LogP contribution is 2.16. The van der Waals surface area contributed by atoms with E-state index in [1.54, 1.807) is 0 Å². The van der Waals surface area contributed by atoms with Crippen molar-refractivity contribution in [3.63, 3.8) is 0 Å². The van der Waals surface area contributed by atoms with Crippen molar-refractivity contribution in [2.75, 3.05) is 13.2 Å². The van der Waals surface area contributed by atoms with Crippen LogP contribution in [0, 0.1) is 0 Å². The molecule has 0 aromatic carbocycles. The van der Waals surface area contributed by atoms with Crippen molar-refractivity contribution < 1.29 is 24.2 Å². The minimum absolute atomic E-state index is 0.0846. The maximum atomic E-state index is 12.4. The first kappa shape index (κ1) is 75.3. The van der Waals surface area contributed by atoms with Crippen molar-refractivity contribution in [1.82, 2.24) is 0 Å². The molecule has 0 spiro atoms. The SMILES string of the molecule is CC/C=C\C/C=C\C/C=C\C/C=C\C/C=C\C/C=C\C/C=C\CCCCCCCCCCCCCCCCCCCC(=O)OC(CO)COC(=O)CCCCCCC/C=C\C/C=C\C/C=C\C/C=C\C/C=C\C/C=C\C/C=C\CC. The van der Waals surface area contributed by atoms with E-state index in [1.165, 1.54) is 96.3 Å². The molecule has 0 aliphatic carbocycles. The highest BCUT2D eigenvalue weighted by atomic mass is 16.6. The number of unbranched alkanes of at least 4 members (excludes halogenated alkanes) is 22. The molecule has 0 radical (unpaired) electrons. The van der Waals surface area contributed by atoms with E-state index in [2.05, 4.69) is 184 Å². The van der Waals surface area contributed by atoms with E-state index in [4.69, 9.17) is 9.47 Å². The standard InChI is InChI=1S/C75H120O5/c1-3-5-7-9-11-13-15-17-19-21-23-25-27-29-31-32-33-34-35-36-37-38-39-40-41-42-44-46-48-50-52-54-56-58-60-62-64-66-68-70-75(78)80-73(71-76)72-79-74(77)69-67-65-63-61-59-57-55-53-51-49-47-45-43-30-28-26-24-22-20-18-16-14-12-10-8-6-4-2/h5-8,11-14,17-20,23-26,29-31,33-34,36-37,43,47,49,53,55,73,76H,3-4,9-10,15-16,21-22,27-28,32,35,38-42,44-46,48,50-52,54,56-72H2,1-2H3/b7-5-,8-6-,13-11-,14-12-,19-17-,20-18-,25-23-,26-24-,31-29-,34-33-,37-36-,43-30-,49-47-,55-53-. The molecule has 0 rings (SSSR count). The van der Waals surface area contributed by atoms with E-state index in [0.29, 0.717) is 12.8 Å². The number of carbonyl (C=O) groups excluding carboxylic acids is 2. The quantitative estimate of drug-likeness (QED) is 0.0373. The fourth-order valence-electron chi connectivity index (χ4n) is 8.69. The average Bonchev–Trinajstić information content (AvgIpc) is 3.46. The molecule has 1 N–H and O–H groups in total. The minimum Gasteiger partial charge on any atom is -0.462 e. The van der Waals surface area contributed by atoms with Gasteiger partial charge in [0.15, 0.2) is 6.10 Å². The predicted molar refractivity (Wildman–Crippen MR) is 352 cm³/mol. The van der Waals surface area contributed by atoms with Gasteiger partial charge in [0.1, 0.15) is 6.61 Å². The zero-order valence-corrected chi connectivity index (χ0v) is 51.5. The van der Waals surface area contributed by atoms with Gasteiger partial charge >= 0.3 is 11.9 Å². The predicted octanol–water partition coefficient (Wildman–Crippen LogP) is 22.9. The molecule has 0 fully saturated rings. The smallest absolute Gasteiger partial charge is 0.306 e. The Kier molecular flexibility index (Phi) is 64.5. The molecule has 0 saturated heterocycles. The fraction of sp³-hybridized carbons (Fsp3) is 0.600. The van der Waals surface area contributed by atoms with Crippen LogP contribution in [0.4, 0.5) is 0 Å². The van der Waals surface area contributed by atoms with E-state index in [-0.39, 0.29) is 25.2 Å². The van der Waals surface area contributed by atoms with E-state index in [0.717, 1.165) is 148 Å². The molecule has 0 aromatic rings. The number of allylic oxidation sites excluding steroid dienone is 28. The van der Waals surface area contributed by atoms with Gasteiger partial charge in [0, 0.05) is 12.8 Å². The fourth-order valence-corrected chi connectivity index (χ4v) is 8.69. The summed E-state index contributed by atoms with van der Waals surface area (Å²) >= 11 is 0. The summed E-state index contributed by atoms with van der Waals surface area (Å²) in [6, 6.07) is 0. The monoisotopic (exact) mass is 1100 g/mol. The summed E-state index contributed by atoms with van der Waals surface area (Å²) in [5.74, 6) is -0.617. The third-order valence-corrected chi connectivity index (χ3v) is 13.5. The summed E-state index contributed by atoms with van der Waals surface area (Å²) < 4.78 is 10.7. The Morgan fingerprint density at radius 1 is 0.287 bits per heavy atom. The number of esters is 2. The number of rotatable bonds is 58. The molecule has 450 valence electrons. The molecule has 0 bridgehead atoms. The van der Waals surface area contributed by atoms with Gasteiger partial charge in [0.25, 0.3) is 0 Å². The summed E-state index contributed by atoms with van der Waals surface area (Å²) in [5.41, 5.74) is 0. The van der Waals surface area contributed by atoms with Gasteiger partial charge in [-0.3, -0.25) is 9.59 Å². The molecule has 5 nitrogen and oxygen atoms in total. The van der Waals surface area contributed by atoms with Gasteiger partial charge in [0.05, 0.1) is 6.61 Å². The molecule has 0 aliphatic heterocycles. The Morgan fingerprint density at radius 2 is 0.500 bits per heavy atom. The van der Waals surface area contributed by atoms with Crippen LogP contribution in [0.1, 0.15) is 271 Å². The molecule has 0 saturated carbocycles. The first-order valence-electron chi connectivity index (χ1n) is 32.7. The lowest BCUT2D eigenvalue weighted by atomic mass is 10.0. The lowest BCUT2D eigenvalue weighted by Crippen LogP contribution is -2.28. The molecule has 0 aromatic heterocycles. The van der Waals surface area contributed by atoms with Crippen molar-refractivity contribution in [3.8, 4) is 0 Å². The summed E-state index contributed by atoms with van der Waals surface area (Å²) in [4.78, 5) is 24.6.